The molecular weight excluding hydrogens is 372 g/mol. The van der Waals surface area contributed by atoms with E-state index in [0.717, 1.165) is 65.7 Å². The minimum atomic E-state index is -0.742. The van der Waals surface area contributed by atoms with E-state index in [4.69, 9.17) is 0 Å². The van der Waals surface area contributed by atoms with Gasteiger partial charge in [-0.05, 0) is 35.1 Å². The molecule has 0 amide bonds. The molecule has 1 unspecified atom stereocenters. The Kier molecular flexibility index (Phi) is 7.72. The highest BCUT2D eigenvalue weighted by Crippen LogP contribution is 2.27. The monoisotopic (exact) mass is 402 g/mol. The van der Waals surface area contributed by atoms with Crippen molar-refractivity contribution in [1.29, 1.82) is 0 Å². The first-order chi connectivity index (χ1) is 14.6. The molecule has 3 rings (SSSR count). The lowest BCUT2D eigenvalue weighted by Gasteiger charge is -2.13. The Bertz CT molecular complexity index is 932. The summed E-state index contributed by atoms with van der Waals surface area (Å²) in [6.45, 7) is 4.27. The van der Waals surface area contributed by atoms with Gasteiger partial charge in [0.05, 0.1) is 5.92 Å². The van der Waals surface area contributed by atoms with Crippen molar-refractivity contribution in [1.82, 2.24) is 9.97 Å². The van der Waals surface area contributed by atoms with Gasteiger partial charge in [-0.25, -0.2) is 9.97 Å². The van der Waals surface area contributed by atoms with Crippen molar-refractivity contribution >= 4 is 5.97 Å². The summed E-state index contributed by atoms with van der Waals surface area (Å²) in [5.74, 6) is -0.443. The van der Waals surface area contributed by atoms with Gasteiger partial charge < -0.3 is 5.11 Å². The fourth-order valence-electron chi connectivity index (χ4n) is 3.67. The molecule has 156 valence electrons. The number of benzene rings is 2. The zero-order chi connectivity index (χ0) is 21.3. The molecule has 4 heteroatoms. The number of hydrogen-bond donors (Lipinski definition) is 1. The van der Waals surface area contributed by atoms with Crippen molar-refractivity contribution in [2.45, 2.75) is 58.3 Å². The lowest BCUT2D eigenvalue weighted by molar-refractivity contribution is -0.139. The van der Waals surface area contributed by atoms with Crippen LogP contribution in [0.3, 0.4) is 0 Å². The van der Waals surface area contributed by atoms with Crippen molar-refractivity contribution in [3.05, 3.63) is 72.1 Å². The average molecular weight is 403 g/mol. The molecule has 0 saturated carbocycles. The number of hydrogen-bond acceptors (Lipinski definition) is 3. The van der Waals surface area contributed by atoms with Crippen molar-refractivity contribution in [2.75, 3.05) is 0 Å². The van der Waals surface area contributed by atoms with Gasteiger partial charge in [-0.15, -0.1) is 0 Å². The fourth-order valence-corrected chi connectivity index (χ4v) is 3.67. The number of nitrogens with zero attached hydrogens (tertiary/aromatic N) is 2. The third-order valence-corrected chi connectivity index (χ3v) is 5.43. The Balaban J connectivity index is 1.72. The number of carbonyl (C=O) groups is 1. The summed E-state index contributed by atoms with van der Waals surface area (Å²) in [6, 6.07) is 16.1. The molecular formula is C26H30N2O2. The Morgan fingerprint density at radius 2 is 1.40 bits per heavy atom. The zero-order valence-electron chi connectivity index (χ0n) is 17.8. The molecule has 0 spiro atoms. The van der Waals surface area contributed by atoms with E-state index < -0.39 is 11.9 Å². The van der Waals surface area contributed by atoms with Crippen LogP contribution in [-0.4, -0.2) is 21.0 Å². The lowest BCUT2D eigenvalue weighted by atomic mass is 9.91. The molecule has 1 atom stereocenters. The third kappa shape index (κ3) is 5.53. The van der Waals surface area contributed by atoms with Gasteiger partial charge in [-0.3, -0.25) is 4.79 Å². The largest absolute Gasteiger partial charge is 0.481 e. The van der Waals surface area contributed by atoms with Crippen LogP contribution >= 0.6 is 0 Å². The van der Waals surface area contributed by atoms with Crippen LogP contribution in [0.5, 0.6) is 0 Å². The molecule has 1 aromatic heterocycles. The highest BCUT2D eigenvalue weighted by Gasteiger charge is 2.19. The molecule has 0 aliphatic rings. The third-order valence-electron chi connectivity index (χ3n) is 5.43. The van der Waals surface area contributed by atoms with Gasteiger partial charge in [0, 0.05) is 18.0 Å². The Hall–Kier alpha value is -3.01. The molecule has 0 aliphatic carbocycles. The van der Waals surface area contributed by atoms with Crippen LogP contribution in [0.1, 0.15) is 63.0 Å². The molecule has 3 aromatic rings. The number of unbranched alkanes of at least 4 members (excludes halogenated alkanes) is 2. The predicted molar refractivity (Wildman–Crippen MR) is 121 cm³/mol. The standard InChI is InChI=1S/C26H30N2O2/c1-3-5-6-8-24(26(29)30)22-13-9-20(10-14-22)21-11-15-23(16-12-21)25-27-17-19(7-4-2)18-28-25/h9-18,24H,3-8H2,1-2H3,(H,29,30). The van der Waals surface area contributed by atoms with Crippen LogP contribution < -0.4 is 0 Å². The summed E-state index contributed by atoms with van der Waals surface area (Å²) in [6.07, 6.45) is 9.68. The van der Waals surface area contributed by atoms with Crippen LogP contribution in [0.25, 0.3) is 22.5 Å². The number of carboxylic acid groups (broad SMARTS) is 1. The van der Waals surface area contributed by atoms with Crippen LogP contribution in [0, 0.1) is 0 Å². The number of carboxylic acids is 1. The van der Waals surface area contributed by atoms with Crippen molar-refractivity contribution in [3.8, 4) is 22.5 Å². The fraction of sp³-hybridized carbons (Fsp3) is 0.346. The summed E-state index contributed by atoms with van der Waals surface area (Å²) in [5.41, 5.74) is 5.18. The molecule has 0 bridgehead atoms. The molecule has 1 heterocycles. The van der Waals surface area contributed by atoms with Crippen molar-refractivity contribution < 1.29 is 9.90 Å². The second-order valence-corrected chi connectivity index (χ2v) is 7.75. The maximum atomic E-state index is 11.7. The van der Waals surface area contributed by atoms with E-state index in [-0.39, 0.29) is 0 Å². The van der Waals surface area contributed by atoms with Gasteiger partial charge in [-0.2, -0.15) is 0 Å². The maximum Gasteiger partial charge on any atom is 0.310 e. The maximum absolute atomic E-state index is 11.7. The molecule has 0 saturated heterocycles. The van der Waals surface area contributed by atoms with E-state index in [9.17, 15) is 9.90 Å². The molecule has 4 nitrogen and oxygen atoms in total. The first kappa shape index (κ1) is 21.7. The molecule has 0 aliphatic heterocycles. The van der Waals surface area contributed by atoms with E-state index in [1.54, 1.807) is 0 Å². The molecule has 0 fully saturated rings. The molecule has 0 radical (unpaired) electrons. The van der Waals surface area contributed by atoms with Crippen LogP contribution in [0.4, 0.5) is 0 Å². The van der Waals surface area contributed by atoms with Gasteiger partial charge in [0.1, 0.15) is 0 Å². The van der Waals surface area contributed by atoms with E-state index in [1.165, 1.54) is 0 Å². The van der Waals surface area contributed by atoms with Gasteiger partial charge in [0.2, 0.25) is 0 Å². The molecule has 1 N–H and O–H groups in total. The topological polar surface area (TPSA) is 63.1 Å². The van der Waals surface area contributed by atoms with Gasteiger partial charge >= 0.3 is 5.97 Å². The second kappa shape index (κ2) is 10.7. The van der Waals surface area contributed by atoms with E-state index >= 15 is 0 Å². The predicted octanol–water partition coefficient (Wildman–Crippen LogP) is 6.51. The van der Waals surface area contributed by atoms with Gasteiger partial charge in [0.25, 0.3) is 0 Å². The summed E-state index contributed by atoms with van der Waals surface area (Å²) in [5, 5.41) is 9.59. The Morgan fingerprint density at radius 3 is 1.93 bits per heavy atom. The summed E-state index contributed by atoms with van der Waals surface area (Å²) in [4.78, 5) is 20.6. The summed E-state index contributed by atoms with van der Waals surface area (Å²) >= 11 is 0. The zero-order valence-corrected chi connectivity index (χ0v) is 17.8. The number of aromatic nitrogens is 2. The van der Waals surface area contributed by atoms with Gasteiger partial charge in [-0.1, -0.05) is 88.1 Å². The van der Waals surface area contributed by atoms with Crippen molar-refractivity contribution in [2.24, 2.45) is 0 Å². The Morgan fingerprint density at radius 1 is 0.833 bits per heavy atom. The number of aryl methyl sites for hydroxylation is 1. The van der Waals surface area contributed by atoms with Crippen LogP contribution in [0.2, 0.25) is 0 Å². The van der Waals surface area contributed by atoms with E-state index in [2.05, 4.69) is 35.9 Å². The summed E-state index contributed by atoms with van der Waals surface area (Å²) in [7, 11) is 0. The first-order valence-corrected chi connectivity index (χ1v) is 10.9. The highest BCUT2D eigenvalue weighted by molar-refractivity contribution is 5.76. The van der Waals surface area contributed by atoms with Crippen molar-refractivity contribution in [3.63, 3.8) is 0 Å². The normalized spacial score (nSPS) is 11.9. The van der Waals surface area contributed by atoms with E-state index in [0.29, 0.717) is 6.42 Å². The van der Waals surface area contributed by atoms with Gasteiger partial charge in [0.15, 0.2) is 5.82 Å². The highest BCUT2D eigenvalue weighted by atomic mass is 16.4. The number of rotatable bonds is 10. The Labute approximate surface area is 179 Å². The van der Waals surface area contributed by atoms with Crippen LogP contribution in [-0.2, 0) is 11.2 Å². The molecule has 2 aromatic carbocycles. The number of aliphatic carboxylic acids is 1. The molecule has 30 heavy (non-hydrogen) atoms. The quantitative estimate of drug-likeness (QED) is 0.393. The minimum absolute atomic E-state index is 0.430. The lowest BCUT2D eigenvalue weighted by Crippen LogP contribution is -2.11. The smallest absolute Gasteiger partial charge is 0.310 e. The second-order valence-electron chi connectivity index (χ2n) is 7.75. The SMILES string of the molecule is CCCCCC(C(=O)O)c1ccc(-c2ccc(-c3ncc(CCC)cn3)cc2)cc1. The van der Waals surface area contributed by atoms with E-state index in [1.807, 2.05) is 48.8 Å². The first-order valence-electron chi connectivity index (χ1n) is 10.9. The minimum Gasteiger partial charge on any atom is -0.481 e. The van der Waals surface area contributed by atoms with Crippen LogP contribution in [0.15, 0.2) is 60.9 Å². The summed E-state index contributed by atoms with van der Waals surface area (Å²) < 4.78 is 0. The average Bonchev–Trinajstić information content (AvgIpc) is 2.78.